The molecule has 2 aliphatic rings. The number of benzene rings is 1. The Labute approximate surface area is 122 Å². The quantitative estimate of drug-likeness (QED) is 0.913. The lowest BCUT2D eigenvalue weighted by atomic mass is 9.95. The van der Waals surface area contributed by atoms with Gasteiger partial charge in [-0.1, -0.05) is 25.1 Å². The number of hydrogen-bond acceptors (Lipinski definition) is 3. The van der Waals surface area contributed by atoms with Crippen LogP contribution in [0.1, 0.15) is 44.2 Å². The van der Waals surface area contributed by atoms with E-state index in [1.807, 2.05) is 0 Å². The van der Waals surface area contributed by atoms with Crippen molar-refractivity contribution in [3.05, 3.63) is 29.8 Å². The Balaban J connectivity index is 1.62. The van der Waals surface area contributed by atoms with Crippen molar-refractivity contribution >= 4 is 0 Å². The van der Waals surface area contributed by atoms with Gasteiger partial charge in [-0.15, -0.1) is 0 Å². The second kappa shape index (κ2) is 6.59. The minimum absolute atomic E-state index is 0.562. The van der Waals surface area contributed by atoms with Crippen molar-refractivity contribution in [3.8, 4) is 5.75 Å². The second-order valence-corrected chi connectivity index (χ2v) is 5.96. The van der Waals surface area contributed by atoms with Crippen molar-refractivity contribution in [2.45, 2.75) is 44.7 Å². The lowest BCUT2D eigenvalue weighted by Gasteiger charge is -2.40. The predicted molar refractivity (Wildman–Crippen MR) is 82.2 cm³/mol. The minimum atomic E-state index is 0.562. The first-order chi connectivity index (χ1) is 9.88. The largest absolute Gasteiger partial charge is 0.493 e. The first-order valence-corrected chi connectivity index (χ1v) is 8.07. The fourth-order valence-corrected chi connectivity index (χ4v) is 3.47. The lowest BCUT2D eigenvalue weighted by molar-refractivity contribution is 0.107. The molecule has 110 valence electrons. The molecule has 2 aliphatic heterocycles. The van der Waals surface area contributed by atoms with Gasteiger partial charge in [-0.05, 0) is 31.9 Å². The highest BCUT2D eigenvalue weighted by Gasteiger charge is 2.29. The molecule has 0 bridgehead atoms. The molecule has 1 saturated heterocycles. The van der Waals surface area contributed by atoms with Crippen molar-refractivity contribution in [3.63, 3.8) is 0 Å². The van der Waals surface area contributed by atoms with Gasteiger partial charge in [-0.25, -0.2) is 0 Å². The van der Waals surface area contributed by atoms with Crippen LogP contribution in [0.2, 0.25) is 0 Å². The zero-order chi connectivity index (χ0) is 13.8. The third-order valence-electron chi connectivity index (χ3n) is 4.58. The van der Waals surface area contributed by atoms with E-state index in [0.29, 0.717) is 6.04 Å². The first-order valence-electron chi connectivity index (χ1n) is 8.07. The van der Waals surface area contributed by atoms with Crippen LogP contribution < -0.4 is 10.1 Å². The molecule has 1 fully saturated rings. The molecule has 0 spiro atoms. The number of nitrogens with zero attached hydrogens (tertiary/aromatic N) is 1. The number of nitrogens with one attached hydrogen (secondary N) is 1. The van der Waals surface area contributed by atoms with E-state index in [-0.39, 0.29) is 0 Å². The Bertz CT molecular complexity index is 427. The molecule has 1 aromatic rings. The molecule has 20 heavy (non-hydrogen) atoms. The summed E-state index contributed by atoms with van der Waals surface area (Å²) in [5.41, 5.74) is 1.39. The van der Waals surface area contributed by atoms with Gasteiger partial charge in [0.15, 0.2) is 0 Å². The number of ether oxygens (including phenoxy) is 1. The highest BCUT2D eigenvalue weighted by atomic mass is 16.5. The Morgan fingerprint density at radius 1 is 1.20 bits per heavy atom. The maximum Gasteiger partial charge on any atom is 0.124 e. The second-order valence-electron chi connectivity index (χ2n) is 5.96. The number of fused-ring (bicyclic) bond motifs is 1. The van der Waals surface area contributed by atoms with E-state index >= 15 is 0 Å². The molecule has 0 saturated carbocycles. The fraction of sp³-hybridized carbons (Fsp3) is 0.647. The number of para-hydroxylation sites is 1. The van der Waals surface area contributed by atoms with Gasteiger partial charge in [0.1, 0.15) is 5.75 Å². The molecule has 1 N–H and O–H groups in total. The third-order valence-corrected chi connectivity index (χ3v) is 4.58. The molecule has 3 nitrogen and oxygen atoms in total. The van der Waals surface area contributed by atoms with Gasteiger partial charge >= 0.3 is 0 Å². The summed E-state index contributed by atoms with van der Waals surface area (Å²) in [5, 5.41) is 3.66. The van der Waals surface area contributed by atoms with Crippen molar-refractivity contribution < 1.29 is 4.74 Å². The third kappa shape index (κ3) is 2.99. The van der Waals surface area contributed by atoms with Crippen LogP contribution in [0.25, 0.3) is 0 Å². The highest BCUT2D eigenvalue weighted by Crippen LogP contribution is 2.36. The van der Waals surface area contributed by atoms with E-state index in [1.165, 1.54) is 37.9 Å². The standard InChI is InChI=1S/C17H26N2O/c1-2-10-18-14-7-11-19(12-8-14)16-9-13-20-17-6-4-3-5-15(16)17/h3-6,14,16,18H,2,7-13H2,1H3. The van der Waals surface area contributed by atoms with Crippen LogP contribution >= 0.6 is 0 Å². The Morgan fingerprint density at radius 3 is 2.80 bits per heavy atom. The maximum absolute atomic E-state index is 5.78. The average Bonchev–Trinajstić information content (AvgIpc) is 2.53. The zero-order valence-corrected chi connectivity index (χ0v) is 12.5. The normalized spacial score (nSPS) is 24.1. The van der Waals surface area contributed by atoms with E-state index in [9.17, 15) is 0 Å². The number of rotatable bonds is 4. The van der Waals surface area contributed by atoms with Gasteiger partial charge in [0.25, 0.3) is 0 Å². The molecule has 0 radical (unpaired) electrons. The van der Waals surface area contributed by atoms with Crippen LogP contribution in [0.5, 0.6) is 5.75 Å². The number of likely N-dealkylation sites (tertiary alicyclic amines) is 1. The summed E-state index contributed by atoms with van der Waals surface area (Å²) < 4.78 is 5.78. The molecule has 0 amide bonds. The molecule has 3 rings (SSSR count). The van der Waals surface area contributed by atoms with Crippen LogP contribution in [0.3, 0.4) is 0 Å². The number of hydrogen-bond donors (Lipinski definition) is 1. The van der Waals surface area contributed by atoms with E-state index < -0.39 is 0 Å². The van der Waals surface area contributed by atoms with Gasteiger partial charge in [0.2, 0.25) is 0 Å². The summed E-state index contributed by atoms with van der Waals surface area (Å²) in [7, 11) is 0. The van der Waals surface area contributed by atoms with Crippen molar-refractivity contribution in [2.24, 2.45) is 0 Å². The molecular formula is C17H26N2O. The van der Waals surface area contributed by atoms with Crippen molar-refractivity contribution in [1.29, 1.82) is 0 Å². The van der Waals surface area contributed by atoms with E-state index in [2.05, 4.69) is 41.4 Å². The Kier molecular flexibility index (Phi) is 4.58. The molecule has 3 heteroatoms. The van der Waals surface area contributed by atoms with E-state index in [0.717, 1.165) is 31.4 Å². The average molecular weight is 274 g/mol. The Hall–Kier alpha value is -1.06. The molecule has 0 aliphatic carbocycles. The topological polar surface area (TPSA) is 24.5 Å². The predicted octanol–water partition coefficient (Wildman–Crippen LogP) is 2.97. The minimum Gasteiger partial charge on any atom is -0.493 e. The molecular weight excluding hydrogens is 248 g/mol. The summed E-state index contributed by atoms with van der Waals surface area (Å²) in [6, 6.07) is 9.84. The monoisotopic (exact) mass is 274 g/mol. The maximum atomic E-state index is 5.78. The molecule has 1 atom stereocenters. The summed E-state index contributed by atoms with van der Waals surface area (Å²) in [6.45, 7) is 6.67. The fourth-order valence-electron chi connectivity index (χ4n) is 3.47. The highest BCUT2D eigenvalue weighted by molar-refractivity contribution is 5.37. The lowest BCUT2D eigenvalue weighted by Crippen LogP contribution is -2.44. The summed E-state index contributed by atoms with van der Waals surface area (Å²) in [5.74, 6) is 1.09. The summed E-state index contributed by atoms with van der Waals surface area (Å²) in [6.07, 6.45) is 4.91. The molecule has 0 aromatic heterocycles. The Morgan fingerprint density at radius 2 is 2.00 bits per heavy atom. The first kappa shape index (κ1) is 13.9. The van der Waals surface area contributed by atoms with Crippen LogP contribution in [-0.2, 0) is 0 Å². The van der Waals surface area contributed by atoms with Crippen molar-refractivity contribution in [1.82, 2.24) is 10.2 Å². The van der Waals surface area contributed by atoms with Crippen LogP contribution in [0.15, 0.2) is 24.3 Å². The van der Waals surface area contributed by atoms with E-state index in [1.54, 1.807) is 0 Å². The zero-order valence-electron chi connectivity index (χ0n) is 12.5. The molecule has 1 unspecified atom stereocenters. The summed E-state index contributed by atoms with van der Waals surface area (Å²) in [4.78, 5) is 2.66. The molecule has 1 aromatic carbocycles. The van der Waals surface area contributed by atoms with Crippen LogP contribution in [0.4, 0.5) is 0 Å². The van der Waals surface area contributed by atoms with Gasteiger partial charge in [0.05, 0.1) is 6.61 Å². The van der Waals surface area contributed by atoms with Gasteiger partial charge in [-0.3, -0.25) is 4.90 Å². The van der Waals surface area contributed by atoms with Gasteiger partial charge in [0, 0.05) is 37.2 Å². The summed E-state index contributed by atoms with van der Waals surface area (Å²) >= 11 is 0. The van der Waals surface area contributed by atoms with E-state index in [4.69, 9.17) is 4.74 Å². The van der Waals surface area contributed by atoms with Crippen LogP contribution in [-0.4, -0.2) is 37.2 Å². The van der Waals surface area contributed by atoms with Gasteiger partial charge < -0.3 is 10.1 Å². The number of piperidine rings is 1. The van der Waals surface area contributed by atoms with Crippen molar-refractivity contribution in [2.75, 3.05) is 26.2 Å². The molecule has 2 heterocycles. The van der Waals surface area contributed by atoms with Crippen LogP contribution in [0, 0.1) is 0 Å². The smallest absolute Gasteiger partial charge is 0.124 e. The van der Waals surface area contributed by atoms with Gasteiger partial charge in [-0.2, -0.15) is 0 Å². The SMILES string of the molecule is CCCNC1CCN(C2CCOc3ccccc32)CC1.